The fraction of sp³-hybridized carbons (Fsp3) is 0.667. The first kappa shape index (κ1) is 21.3. The van der Waals surface area contributed by atoms with Crippen LogP contribution in [0.4, 0.5) is 5.69 Å². The largest absolute Gasteiger partial charge is 0.299 e. The van der Waals surface area contributed by atoms with Crippen molar-refractivity contribution in [3.63, 3.8) is 0 Å². The van der Waals surface area contributed by atoms with E-state index in [-0.39, 0.29) is 11.5 Å². The van der Waals surface area contributed by atoms with E-state index >= 15 is 0 Å². The third-order valence-corrected chi connectivity index (χ3v) is 4.61. The van der Waals surface area contributed by atoms with E-state index in [0.717, 1.165) is 18.4 Å². The molecule has 0 saturated carbocycles. The highest BCUT2D eigenvalue weighted by Crippen LogP contribution is 2.15. The van der Waals surface area contributed by atoms with E-state index in [1.807, 2.05) is 0 Å². The third-order valence-electron chi connectivity index (χ3n) is 4.61. The van der Waals surface area contributed by atoms with Gasteiger partial charge in [-0.1, -0.05) is 83.3 Å². The number of hydrogen-bond donors (Lipinski definition) is 0. The van der Waals surface area contributed by atoms with E-state index in [9.17, 15) is 14.9 Å². The molecule has 25 heavy (non-hydrogen) atoms. The lowest BCUT2D eigenvalue weighted by Crippen LogP contribution is -2.02. The average Bonchev–Trinajstić information content (AvgIpc) is 2.60. The monoisotopic (exact) mass is 347 g/mol. The van der Waals surface area contributed by atoms with Gasteiger partial charge in [-0.2, -0.15) is 0 Å². The Hall–Kier alpha value is -1.71. The van der Waals surface area contributed by atoms with Gasteiger partial charge in [-0.15, -0.1) is 0 Å². The summed E-state index contributed by atoms with van der Waals surface area (Å²) in [5.74, 6) is 0.227. The normalized spacial score (nSPS) is 10.8. The van der Waals surface area contributed by atoms with Gasteiger partial charge in [0.05, 0.1) is 4.92 Å². The zero-order valence-corrected chi connectivity index (χ0v) is 15.7. The van der Waals surface area contributed by atoms with Crippen LogP contribution in [0.3, 0.4) is 0 Å². The summed E-state index contributed by atoms with van der Waals surface area (Å²) >= 11 is 0. The lowest BCUT2D eigenvalue weighted by molar-refractivity contribution is -0.384. The number of carbonyl (C=O) groups is 1. The van der Waals surface area contributed by atoms with E-state index in [0.29, 0.717) is 12.8 Å². The van der Waals surface area contributed by atoms with Crippen LogP contribution in [0.25, 0.3) is 0 Å². The molecule has 0 radical (unpaired) electrons. The minimum Gasteiger partial charge on any atom is -0.299 e. The van der Waals surface area contributed by atoms with Crippen molar-refractivity contribution in [3.05, 3.63) is 39.9 Å². The number of carbonyl (C=O) groups excluding carboxylic acids is 1. The topological polar surface area (TPSA) is 60.2 Å². The summed E-state index contributed by atoms with van der Waals surface area (Å²) in [5.41, 5.74) is 0.931. The van der Waals surface area contributed by atoms with Gasteiger partial charge >= 0.3 is 0 Å². The second-order valence-corrected chi connectivity index (χ2v) is 6.92. The van der Waals surface area contributed by atoms with Crippen LogP contribution in [0, 0.1) is 10.1 Å². The number of hydrogen-bond acceptors (Lipinski definition) is 3. The van der Waals surface area contributed by atoms with Crippen molar-refractivity contribution in [2.75, 3.05) is 0 Å². The number of nitro groups is 1. The van der Waals surface area contributed by atoms with Gasteiger partial charge in [-0.3, -0.25) is 14.9 Å². The first-order valence-corrected chi connectivity index (χ1v) is 9.88. The predicted octanol–water partition coefficient (Wildman–Crippen LogP) is 6.41. The summed E-state index contributed by atoms with van der Waals surface area (Å²) in [7, 11) is 0. The number of ketones is 1. The van der Waals surface area contributed by atoms with Crippen molar-refractivity contribution < 1.29 is 9.72 Å². The molecule has 0 amide bonds. The Bertz CT molecular complexity index is 496. The second-order valence-electron chi connectivity index (χ2n) is 6.92. The molecule has 0 aliphatic carbocycles. The standard InChI is InChI=1S/C21H33NO3/c1-2-3-4-5-6-7-8-9-10-11-12-13-21(23)18-19-14-16-20(17-15-19)22(24)25/h14-17H,2-13,18H2,1H3. The maximum absolute atomic E-state index is 12.0. The molecule has 1 aromatic rings. The number of rotatable bonds is 15. The zero-order chi connectivity index (χ0) is 18.3. The fourth-order valence-electron chi connectivity index (χ4n) is 3.04. The van der Waals surface area contributed by atoms with Crippen LogP contribution in [0.5, 0.6) is 0 Å². The van der Waals surface area contributed by atoms with Gasteiger partial charge in [0.25, 0.3) is 5.69 Å². The molecule has 4 heteroatoms. The minimum absolute atomic E-state index is 0.0709. The second kappa shape index (κ2) is 13.6. The van der Waals surface area contributed by atoms with E-state index in [1.165, 1.54) is 69.9 Å². The van der Waals surface area contributed by atoms with E-state index in [4.69, 9.17) is 0 Å². The van der Waals surface area contributed by atoms with Gasteiger partial charge in [-0.05, 0) is 12.0 Å². The molecule has 0 spiro atoms. The molecule has 0 unspecified atom stereocenters. The van der Waals surface area contributed by atoms with Crippen LogP contribution in [0.15, 0.2) is 24.3 Å². The summed E-state index contributed by atoms with van der Waals surface area (Å²) in [4.78, 5) is 22.1. The van der Waals surface area contributed by atoms with Gasteiger partial charge in [0.2, 0.25) is 0 Å². The lowest BCUT2D eigenvalue weighted by Gasteiger charge is -2.03. The Morgan fingerprint density at radius 3 is 1.80 bits per heavy atom. The molecule has 0 bridgehead atoms. The van der Waals surface area contributed by atoms with Crippen molar-refractivity contribution in [3.8, 4) is 0 Å². The molecule has 1 rings (SSSR count). The Labute approximate surface area is 152 Å². The Morgan fingerprint density at radius 2 is 1.32 bits per heavy atom. The number of benzene rings is 1. The Morgan fingerprint density at radius 1 is 0.840 bits per heavy atom. The van der Waals surface area contributed by atoms with Gasteiger partial charge in [0.1, 0.15) is 5.78 Å². The molecule has 0 aliphatic rings. The highest BCUT2D eigenvalue weighted by molar-refractivity contribution is 5.80. The van der Waals surface area contributed by atoms with E-state index in [2.05, 4.69) is 6.92 Å². The molecular weight excluding hydrogens is 314 g/mol. The number of nitro benzene ring substituents is 1. The fourth-order valence-corrected chi connectivity index (χ4v) is 3.04. The Kier molecular flexibility index (Phi) is 11.6. The lowest BCUT2D eigenvalue weighted by atomic mass is 10.0. The van der Waals surface area contributed by atoms with Crippen molar-refractivity contribution in [2.45, 2.75) is 90.4 Å². The molecule has 1 aromatic carbocycles. The van der Waals surface area contributed by atoms with Crippen LogP contribution in [-0.2, 0) is 11.2 Å². The van der Waals surface area contributed by atoms with Crippen LogP contribution in [-0.4, -0.2) is 10.7 Å². The first-order chi connectivity index (χ1) is 12.1. The van der Waals surface area contributed by atoms with Gasteiger partial charge < -0.3 is 0 Å². The quantitative estimate of drug-likeness (QED) is 0.209. The number of nitrogens with zero attached hydrogens (tertiary/aromatic N) is 1. The highest BCUT2D eigenvalue weighted by atomic mass is 16.6. The van der Waals surface area contributed by atoms with Crippen LogP contribution in [0.2, 0.25) is 0 Å². The molecule has 0 fully saturated rings. The van der Waals surface area contributed by atoms with Gasteiger partial charge in [0, 0.05) is 25.0 Å². The maximum atomic E-state index is 12.0. The molecular formula is C21H33NO3. The van der Waals surface area contributed by atoms with Gasteiger partial charge in [0.15, 0.2) is 0 Å². The number of unbranched alkanes of at least 4 members (excludes halogenated alkanes) is 10. The highest BCUT2D eigenvalue weighted by Gasteiger charge is 2.07. The van der Waals surface area contributed by atoms with Crippen LogP contribution in [0.1, 0.15) is 89.5 Å². The van der Waals surface area contributed by atoms with Crippen LogP contribution < -0.4 is 0 Å². The third kappa shape index (κ3) is 10.7. The summed E-state index contributed by atoms with van der Waals surface area (Å²) < 4.78 is 0. The minimum atomic E-state index is -0.420. The molecule has 0 aliphatic heterocycles. The van der Waals surface area contributed by atoms with Crippen molar-refractivity contribution >= 4 is 11.5 Å². The van der Waals surface area contributed by atoms with Crippen molar-refractivity contribution in [1.29, 1.82) is 0 Å². The van der Waals surface area contributed by atoms with Gasteiger partial charge in [-0.25, -0.2) is 0 Å². The Balaban J connectivity index is 1.99. The maximum Gasteiger partial charge on any atom is 0.269 e. The molecule has 0 atom stereocenters. The predicted molar refractivity (Wildman–Crippen MR) is 103 cm³/mol. The average molecular weight is 347 g/mol. The van der Waals surface area contributed by atoms with Crippen molar-refractivity contribution in [1.82, 2.24) is 0 Å². The zero-order valence-electron chi connectivity index (χ0n) is 15.7. The molecule has 4 nitrogen and oxygen atoms in total. The number of non-ortho nitro benzene ring substituents is 1. The van der Waals surface area contributed by atoms with Crippen LogP contribution >= 0.6 is 0 Å². The van der Waals surface area contributed by atoms with E-state index in [1.54, 1.807) is 12.1 Å². The summed E-state index contributed by atoms with van der Waals surface area (Å²) in [5, 5.41) is 10.6. The first-order valence-electron chi connectivity index (χ1n) is 9.88. The molecule has 140 valence electrons. The summed E-state index contributed by atoms with van der Waals surface area (Å²) in [6, 6.07) is 6.28. The molecule has 0 aromatic heterocycles. The smallest absolute Gasteiger partial charge is 0.269 e. The molecule has 0 N–H and O–H groups in total. The van der Waals surface area contributed by atoms with E-state index < -0.39 is 4.92 Å². The molecule has 0 saturated heterocycles. The summed E-state index contributed by atoms with van der Waals surface area (Å²) in [6.45, 7) is 2.25. The molecule has 0 heterocycles. The number of Topliss-reactive ketones (excluding diaryl/α,β-unsaturated/α-hetero) is 1. The van der Waals surface area contributed by atoms with Crippen molar-refractivity contribution in [2.24, 2.45) is 0 Å². The summed E-state index contributed by atoms with van der Waals surface area (Å²) in [6.07, 6.45) is 15.1. The SMILES string of the molecule is CCCCCCCCCCCCCC(=O)Cc1ccc([N+](=O)[O-])cc1.